The van der Waals surface area contributed by atoms with Crippen LogP contribution in [0.3, 0.4) is 0 Å². The van der Waals surface area contributed by atoms with Crippen molar-refractivity contribution >= 4 is 21.8 Å². The Morgan fingerprint density at radius 3 is 2.75 bits per heavy atom. The lowest BCUT2D eigenvalue weighted by Crippen LogP contribution is -2.22. The van der Waals surface area contributed by atoms with Crippen LogP contribution < -0.4 is 10.1 Å². The van der Waals surface area contributed by atoms with Crippen LogP contribution in [0, 0.1) is 6.92 Å². The molecule has 5 heteroatoms. The summed E-state index contributed by atoms with van der Waals surface area (Å²) in [5.74, 6) is 0.458. The molecule has 0 aliphatic rings. The Labute approximate surface area is 126 Å². The molecule has 0 saturated carbocycles. The highest BCUT2D eigenvalue weighted by Gasteiger charge is 2.07. The number of carbonyl (C=O) groups is 1. The number of benzene rings is 1. The van der Waals surface area contributed by atoms with Crippen molar-refractivity contribution in [3.8, 4) is 5.88 Å². The molecule has 0 saturated heterocycles. The van der Waals surface area contributed by atoms with E-state index < -0.39 is 0 Å². The van der Waals surface area contributed by atoms with E-state index in [0.717, 1.165) is 15.6 Å². The van der Waals surface area contributed by atoms with Crippen molar-refractivity contribution in [2.75, 3.05) is 7.11 Å². The van der Waals surface area contributed by atoms with E-state index in [0.29, 0.717) is 18.0 Å². The minimum absolute atomic E-state index is 0.101. The van der Waals surface area contributed by atoms with Gasteiger partial charge in [-0.25, -0.2) is 4.98 Å². The van der Waals surface area contributed by atoms with Gasteiger partial charge in [0, 0.05) is 28.8 Å². The Kier molecular flexibility index (Phi) is 4.74. The van der Waals surface area contributed by atoms with Crippen molar-refractivity contribution in [2.24, 2.45) is 0 Å². The first-order chi connectivity index (χ1) is 9.60. The number of nitrogens with one attached hydrogen (secondary N) is 1. The van der Waals surface area contributed by atoms with Crippen LogP contribution in [0.5, 0.6) is 5.88 Å². The fourth-order valence-electron chi connectivity index (χ4n) is 1.71. The fraction of sp³-hybridized carbons (Fsp3) is 0.200. The minimum Gasteiger partial charge on any atom is -0.481 e. The first kappa shape index (κ1) is 14.5. The van der Waals surface area contributed by atoms with E-state index >= 15 is 0 Å². The Hall–Kier alpha value is -1.88. The molecule has 1 N–H and O–H groups in total. The summed E-state index contributed by atoms with van der Waals surface area (Å²) in [6, 6.07) is 9.16. The van der Waals surface area contributed by atoms with Crippen molar-refractivity contribution in [2.45, 2.75) is 13.5 Å². The number of aromatic nitrogens is 1. The van der Waals surface area contributed by atoms with Crippen LogP contribution in [0.2, 0.25) is 0 Å². The molecule has 0 fully saturated rings. The molecule has 0 unspecified atom stereocenters. The van der Waals surface area contributed by atoms with Crippen molar-refractivity contribution in [3.05, 3.63) is 57.7 Å². The molecule has 0 spiro atoms. The number of methoxy groups -OCH3 is 1. The third-order valence-corrected chi connectivity index (χ3v) is 3.77. The van der Waals surface area contributed by atoms with Crippen molar-refractivity contribution < 1.29 is 9.53 Å². The molecule has 1 aromatic carbocycles. The first-order valence-corrected chi connectivity index (χ1v) is 6.92. The lowest BCUT2D eigenvalue weighted by atomic mass is 10.1. The van der Waals surface area contributed by atoms with E-state index in [1.165, 1.54) is 0 Å². The van der Waals surface area contributed by atoms with Gasteiger partial charge < -0.3 is 10.1 Å². The second kappa shape index (κ2) is 6.52. The zero-order chi connectivity index (χ0) is 14.5. The quantitative estimate of drug-likeness (QED) is 0.934. The molecule has 4 nitrogen and oxygen atoms in total. The fourth-order valence-corrected chi connectivity index (χ4v) is 1.95. The average molecular weight is 335 g/mol. The van der Waals surface area contributed by atoms with Gasteiger partial charge in [0.1, 0.15) is 0 Å². The third-order valence-electron chi connectivity index (χ3n) is 2.88. The Bertz CT molecular complexity index is 612. The maximum atomic E-state index is 12.0. The predicted octanol–water partition coefficient (Wildman–Crippen LogP) is 3.09. The number of hydrogen-bond donors (Lipinski definition) is 1. The van der Waals surface area contributed by atoms with Crippen LogP contribution >= 0.6 is 15.9 Å². The van der Waals surface area contributed by atoms with Crippen LogP contribution in [0.1, 0.15) is 21.5 Å². The molecule has 1 amide bonds. The average Bonchev–Trinajstić information content (AvgIpc) is 2.48. The van der Waals surface area contributed by atoms with Gasteiger partial charge >= 0.3 is 0 Å². The van der Waals surface area contributed by atoms with E-state index in [1.807, 2.05) is 25.1 Å². The molecule has 104 valence electrons. The molecule has 0 atom stereocenters. The van der Waals surface area contributed by atoms with E-state index in [2.05, 4.69) is 26.2 Å². The number of aryl methyl sites for hydroxylation is 1. The molecule has 2 aromatic rings. The second-order valence-corrected chi connectivity index (χ2v) is 5.21. The summed E-state index contributed by atoms with van der Waals surface area (Å²) in [5.41, 5.74) is 2.60. The van der Waals surface area contributed by atoms with Crippen LogP contribution in [-0.2, 0) is 6.54 Å². The molecule has 2 rings (SSSR count). The molecule has 0 radical (unpaired) electrons. The Morgan fingerprint density at radius 1 is 1.35 bits per heavy atom. The van der Waals surface area contributed by atoms with Crippen LogP contribution in [-0.4, -0.2) is 18.0 Å². The van der Waals surface area contributed by atoms with Crippen molar-refractivity contribution in [3.63, 3.8) is 0 Å². The highest BCUT2D eigenvalue weighted by Crippen LogP contribution is 2.17. The highest BCUT2D eigenvalue weighted by atomic mass is 79.9. The molecule has 0 bridgehead atoms. The highest BCUT2D eigenvalue weighted by molar-refractivity contribution is 9.10. The molecule has 0 aliphatic carbocycles. The van der Waals surface area contributed by atoms with Gasteiger partial charge in [0.25, 0.3) is 5.91 Å². The molecule has 1 heterocycles. The summed E-state index contributed by atoms with van der Waals surface area (Å²) < 4.78 is 5.98. The lowest BCUT2D eigenvalue weighted by molar-refractivity contribution is 0.0951. The maximum absolute atomic E-state index is 12.0. The molecule has 0 aliphatic heterocycles. The van der Waals surface area contributed by atoms with Gasteiger partial charge in [-0.1, -0.05) is 22.0 Å². The normalized spacial score (nSPS) is 10.2. The van der Waals surface area contributed by atoms with Gasteiger partial charge in [0.15, 0.2) is 0 Å². The number of rotatable bonds is 4. The van der Waals surface area contributed by atoms with Gasteiger partial charge in [0.05, 0.1) is 7.11 Å². The Balaban J connectivity index is 1.98. The maximum Gasteiger partial charge on any atom is 0.251 e. The smallest absolute Gasteiger partial charge is 0.251 e. The van der Waals surface area contributed by atoms with E-state index in [9.17, 15) is 4.79 Å². The lowest BCUT2D eigenvalue weighted by Gasteiger charge is -2.07. The van der Waals surface area contributed by atoms with Gasteiger partial charge in [-0.3, -0.25) is 4.79 Å². The summed E-state index contributed by atoms with van der Waals surface area (Å²) in [7, 11) is 1.57. The van der Waals surface area contributed by atoms with Gasteiger partial charge in [-0.2, -0.15) is 0 Å². The monoisotopic (exact) mass is 334 g/mol. The van der Waals surface area contributed by atoms with Gasteiger partial charge in [0.2, 0.25) is 5.88 Å². The summed E-state index contributed by atoms with van der Waals surface area (Å²) in [6.07, 6.45) is 1.69. The summed E-state index contributed by atoms with van der Waals surface area (Å²) >= 11 is 3.42. The van der Waals surface area contributed by atoms with E-state index in [4.69, 9.17) is 4.74 Å². The number of pyridine rings is 1. The molecule has 20 heavy (non-hydrogen) atoms. The second-order valence-electron chi connectivity index (χ2n) is 4.36. The Morgan fingerprint density at radius 2 is 2.15 bits per heavy atom. The van der Waals surface area contributed by atoms with Gasteiger partial charge in [-0.05, 0) is 36.2 Å². The first-order valence-electron chi connectivity index (χ1n) is 6.13. The minimum atomic E-state index is -0.101. The number of halogens is 1. The molecular formula is C15H15BrN2O2. The van der Waals surface area contributed by atoms with Gasteiger partial charge in [-0.15, -0.1) is 0 Å². The number of amides is 1. The molecular weight excluding hydrogens is 320 g/mol. The van der Waals surface area contributed by atoms with Crippen LogP contribution in [0.15, 0.2) is 41.0 Å². The number of nitrogens with zero attached hydrogens (tertiary/aromatic N) is 1. The number of hydrogen-bond acceptors (Lipinski definition) is 3. The van der Waals surface area contributed by atoms with E-state index in [-0.39, 0.29) is 5.91 Å². The molecule has 1 aromatic heterocycles. The zero-order valence-electron chi connectivity index (χ0n) is 11.3. The number of ether oxygens (including phenoxy) is 1. The SMILES string of the molecule is COc1ccc(CNC(=O)c2ccc(Br)c(C)c2)cn1. The summed E-state index contributed by atoms with van der Waals surface area (Å²) in [5, 5.41) is 2.86. The topological polar surface area (TPSA) is 51.2 Å². The third kappa shape index (κ3) is 3.57. The zero-order valence-corrected chi connectivity index (χ0v) is 12.9. The summed E-state index contributed by atoms with van der Waals surface area (Å²) in [4.78, 5) is 16.1. The van der Waals surface area contributed by atoms with Crippen molar-refractivity contribution in [1.82, 2.24) is 10.3 Å². The van der Waals surface area contributed by atoms with Crippen molar-refractivity contribution in [1.29, 1.82) is 0 Å². The number of carbonyl (C=O) groups excluding carboxylic acids is 1. The van der Waals surface area contributed by atoms with E-state index in [1.54, 1.807) is 25.4 Å². The van der Waals surface area contributed by atoms with Crippen LogP contribution in [0.4, 0.5) is 0 Å². The van der Waals surface area contributed by atoms with Crippen LogP contribution in [0.25, 0.3) is 0 Å². The largest absolute Gasteiger partial charge is 0.481 e. The predicted molar refractivity (Wildman–Crippen MR) is 80.8 cm³/mol. The standard InChI is InChI=1S/C15H15BrN2O2/c1-10-7-12(4-5-13(10)16)15(19)18-9-11-3-6-14(20-2)17-8-11/h3-8H,9H2,1-2H3,(H,18,19). The summed E-state index contributed by atoms with van der Waals surface area (Å²) in [6.45, 7) is 2.39.